The largest absolute Gasteiger partial charge is 0.309 e. The molecule has 0 fully saturated rings. The van der Waals surface area contributed by atoms with Crippen molar-refractivity contribution in [3.8, 4) is 33.6 Å². The molecule has 0 atom stereocenters. The lowest BCUT2D eigenvalue weighted by molar-refractivity contribution is 0.824. The van der Waals surface area contributed by atoms with Gasteiger partial charge in [-0.25, -0.2) is 4.68 Å². The van der Waals surface area contributed by atoms with Crippen molar-refractivity contribution in [1.82, 2.24) is 19.6 Å². The van der Waals surface area contributed by atoms with Crippen molar-refractivity contribution in [2.75, 3.05) is 0 Å². The van der Waals surface area contributed by atoms with E-state index in [1.54, 1.807) is 0 Å². The zero-order chi connectivity index (χ0) is 26.5. The zero-order valence-corrected chi connectivity index (χ0v) is 21.6. The van der Waals surface area contributed by atoms with Gasteiger partial charge in [-0.05, 0) is 76.9 Å². The van der Waals surface area contributed by atoms with Crippen LogP contribution in [0.5, 0.6) is 0 Å². The summed E-state index contributed by atoms with van der Waals surface area (Å²) in [7, 11) is 0. The highest BCUT2D eigenvalue weighted by atomic mass is 15.4. The summed E-state index contributed by atoms with van der Waals surface area (Å²) in [5.74, 6) is 0. The summed E-state index contributed by atoms with van der Waals surface area (Å²) in [4.78, 5) is 0. The molecule has 8 aromatic rings. The predicted octanol–water partition coefficient (Wildman–Crippen LogP) is 8.85. The van der Waals surface area contributed by atoms with E-state index in [4.69, 9.17) is 0 Å². The number of fused-ring (bicyclic) bond motifs is 4. The summed E-state index contributed by atoms with van der Waals surface area (Å²) in [5, 5.41) is 11.1. The number of hydrogen-bond donors (Lipinski definition) is 0. The Bertz CT molecular complexity index is 2130. The molecular formula is C36H24N4. The van der Waals surface area contributed by atoms with Crippen molar-refractivity contribution in [2.45, 2.75) is 0 Å². The summed E-state index contributed by atoms with van der Waals surface area (Å²) in [6, 6.07) is 51.4. The second-order valence-corrected chi connectivity index (χ2v) is 10.0. The van der Waals surface area contributed by atoms with Crippen molar-refractivity contribution in [3.05, 3.63) is 146 Å². The fraction of sp³-hybridized carbons (Fsp3) is 0. The second-order valence-electron chi connectivity index (χ2n) is 10.0. The van der Waals surface area contributed by atoms with Crippen molar-refractivity contribution >= 4 is 32.8 Å². The van der Waals surface area contributed by atoms with Crippen LogP contribution in [0.15, 0.2) is 146 Å². The highest BCUT2D eigenvalue weighted by molar-refractivity contribution is 6.10. The van der Waals surface area contributed by atoms with Gasteiger partial charge in [0.05, 0.1) is 22.2 Å². The van der Waals surface area contributed by atoms with Crippen molar-refractivity contribution in [3.63, 3.8) is 0 Å². The summed E-state index contributed by atoms with van der Waals surface area (Å²) >= 11 is 0. The van der Waals surface area contributed by atoms with Crippen LogP contribution in [0.3, 0.4) is 0 Å². The predicted molar refractivity (Wildman–Crippen MR) is 164 cm³/mol. The zero-order valence-electron chi connectivity index (χ0n) is 21.6. The van der Waals surface area contributed by atoms with Gasteiger partial charge >= 0.3 is 0 Å². The molecule has 40 heavy (non-hydrogen) atoms. The van der Waals surface area contributed by atoms with Gasteiger partial charge < -0.3 is 4.57 Å². The van der Waals surface area contributed by atoms with Crippen molar-refractivity contribution in [2.24, 2.45) is 0 Å². The molecule has 0 aliphatic rings. The van der Waals surface area contributed by atoms with Gasteiger partial charge in [-0.15, -0.1) is 5.10 Å². The minimum Gasteiger partial charge on any atom is -0.309 e. The Morgan fingerprint density at radius 3 is 1.75 bits per heavy atom. The fourth-order valence-electron chi connectivity index (χ4n) is 5.72. The van der Waals surface area contributed by atoms with Gasteiger partial charge in [0.2, 0.25) is 0 Å². The Kier molecular flexibility index (Phi) is 5.10. The molecule has 0 aliphatic carbocycles. The number of nitrogens with zero attached hydrogens (tertiary/aromatic N) is 4. The summed E-state index contributed by atoms with van der Waals surface area (Å²) < 4.78 is 4.23. The van der Waals surface area contributed by atoms with Crippen molar-refractivity contribution in [1.29, 1.82) is 0 Å². The maximum absolute atomic E-state index is 4.34. The van der Waals surface area contributed by atoms with Crippen LogP contribution in [-0.4, -0.2) is 19.6 Å². The monoisotopic (exact) mass is 512 g/mol. The van der Waals surface area contributed by atoms with E-state index in [1.807, 2.05) is 28.9 Å². The highest BCUT2D eigenvalue weighted by Gasteiger charge is 2.13. The van der Waals surface area contributed by atoms with Crippen LogP contribution in [0.25, 0.3) is 66.5 Å². The molecule has 188 valence electrons. The molecule has 0 aliphatic heterocycles. The van der Waals surface area contributed by atoms with Gasteiger partial charge in [0.25, 0.3) is 0 Å². The lowest BCUT2D eigenvalue weighted by Gasteiger charge is -2.09. The van der Waals surface area contributed by atoms with Crippen LogP contribution < -0.4 is 0 Å². The van der Waals surface area contributed by atoms with Crippen molar-refractivity contribution < 1.29 is 0 Å². The molecule has 4 heteroatoms. The number of rotatable bonds is 4. The van der Waals surface area contributed by atoms with Gasteiger partial charge in [-0.3, -0.25) is 0 Å². The molecule has 0 amide bonds. The number of benzene rings is 6. The number of para-hydroxylation sites is 3. The van der Waals surface area contributed by atoms with Gasteiger partial charge in [0.15, 0.2) is 0 Å². The Balaban J connectivity index is 1.14. The van der Waals surface area contributed by atoms with E-state index in [-0.39, 0.29) is 0 Å². The molecular weight excluding hydrogens is 488 g/mol. The Hall–Kier alpha value is -5.48. The lowest BCUT2D eigenvalue weighted by Crippen LogP contribution is -1.96. The molecule has 0 radical (unpaired) electrons. The topological polar surface area (TPSA) is 35.6 Å². The maximum atomic E-state index is 4.34. The summed E-state index contributed by atoms with van der Waals surface area (Å²) in [6.07, 6.45) is 0. The quantitative estimate of drug-likeness (QED) is 0.236. The van der Waals surface area contributed by atoms with Crippen LogP contribution in [-0.2, 0) is 0 Å². The molecule has 2 heterocycles. The van der Waals surface area contributed by atoms with Gasteiger partial charge in [0.1, 0.15) is 5.52 Å². The van der Waals surface area contributed by atoms with E-state index in [0.717, 1.165) is 16.7 Å². The molecule has 0 saturated heterocycles. The van der Waals surface area contributed by atoms with Gasteiger partial charge in [-0.2, -0.15) is 0 Å². The van der Waals surface area contributed by atoms with E-state index in [2.05, 4.69) is 136 Å². The molecule has 6 aromatic carbocycles. The van der Waals surface area contributed by atoms with E-state index in [0.29, 0.717) is 0 Å². The van der Waals surface area contributed by atoms with E-state index >= 15 is 0 Å². The van der Waals surface area contributed by atoms with E-state index in [1.165, 1.54) is 49.7 Å². The molecule has 0 saturated carbocycles. The van der Waals surface area contributed by atoms with Crippen LogP contribution >= 0.6 is 0 Å². The average Bonchev–Trinajstić information content (AvgIpc) is 3.61. The first-order valence-corrected chi connectivity index (χ1v) is 13.4. The SMILES string of the molecule is c1ccc(-n2c3ccccc3c3cc(-c4ccc(-c5ccc(-n6nnc7ccccc76)cc5)cc4)ccc32)cc1. The minimum absolute atomic E-state index is 0.894. The van der Waals surface area contributed by atoms with Crippen LogP contribution in [0, 0.1) is 0 Å². The third-order valence-electron chi connectivity index (χ3n) is 7.70. The summed E-state index contributed by atoms with van der Waals surface area (Å²) in [6.45, 7) is 0. The molecule has 4 nitrogen and oxygen atoms in total. The fourth-order valence-corrected chi connectivity index (χ4v) is 5.72. The minimum atomic E-state index is 0.894. The third-order valence-corrected chi connectivity index (χ3v) is 7.70. The standard InChI is InChI=1S/C36H24N4/c1-2-8-29(9-3-1)39-34-12-6-4-10-31(34)32-24-28(20-23-35(32)39)27-16-14-25(15-17-27)26-18-21-30(22-19-26)40-36-13-7-5-11-33(36)37-38-40/h1-24H. The van der Waals surface area contributed by atoms with Crippen LogP contribution in [0.4, 0.5) is 0 Å². The number of aromatic nitrogens is 4. The first-order valence-electron chi connectivity index (χ1n) is 13.4. The molecule has 2 aromatic heterocycles. The Morgan fingerprint density at radius 1 is 0.400 bits per heavy atom. The molecule has 0 unspecified atom stereocenters. The van der Waals surface area contributed by atoms with E-state index < -0.39 is 0 Å². The Morgan fingerprint density at radius 2 is 0.975 bits per heavy atom. The van der Waals surface area contributed by atoms with Gasteiger partial charge in [-0.1, -0.05) is 96.2 Å². The molecule has 8 rings (SSSR count). The molecule has 0 bridgehead atoms. The average molecular weight is 513 g/mol. The maximum Gasteiger partial charge on any atom is 0.113 e. The smallest absolute Gasteiger partial charge is 0.113 e. The summed E-state index contributed by atoms with van der Waals surface area (Å²) in [5.41, 5.74) is 11.3. The third kappa shape index (κ3) is 3.62. The highest BCUT2D eigenvalue weighted by Crippen LogP contribution is 2.35. The van der Waals surface area contributed by atoms with E-state index in [9.17, 15) is 0 Å². The number of hydrogen-bond acceptors (Lipinski definition) is 2. The molecule has 0 spiro atoms. The first kappa shape index (κ1) is 22.5. The van der Waals surface area contributed by atoms with Crippen LogP contribution in [0.1, 0.15) is 0 Å². The normalized spacial score (nSPS) is 11.5. The first-order chi connectivity index (χ1) is 19.8. The molecule has 0 N–H and O–H groups in total. The second kappa shape index (κ2) is 9.07. The Labute approximate surface area is 231 Å². The van der Waals surface area contributed by atoms with Crippen LogP contribution in [0.2, 0.25) is 0 Å². The van der Waals surface area contributed by atoms with Gasteiger partial charge in [0, 0.05) is 16.5 Å². The lowest BCUT2D eigenvalue weighted by atomic mass is 9.99.